The fourth-order valence-corrected chi connectivity index (χ4v) is 3.86. The number of urea groups is 1. The Morgan fingerprint density at radius 1 is 1.03 bits per heavy atom. The van der Waals surface area contributed by atoms with Crippen molar-refractivity contribution in [2.45, 2.75) is 12.0 Å². The van der Waals surface area contributed by atoms with E-state index in [-0.39, 0.29) is 47.1 Å². The number of nitrogens with one attached hydrogen (secondary N) is 2. The Balaban J connectivity index is 1.21. The Kier molecular flexibility index (Phi) is 4.84. The molecular formula is C22H15F4N3O3. The van der Waals surface area contributed by atoms with E-state index >= 15 is 0 Å². The minimum Gasteiger partial charge on any atom is -0.490 e. The Bertz CT molecular complexity index is 1210. The summed E-state index contributed by atoms with van der Waals surface area (Å²) in [5, 5.41) is 5.24. The zero-order valence-corrected chi connectivity index (χ0v) is 16.2. The number of carbonyl (C=O) groups is 1. The maximum atomic E-state index is 14.2. The molecule has 1 saturated carbocycles. The number of benzene rings is 2. The largest absolute Gasteiger partial charge is 0.490 e. The highest BCUT2D eigenvalue weighted by Crippen LogP contribution is 2.55. The number of nitrogens with zero attached hydrogens (tertiary/aromatic N) is 1. The lowest BCUT2D eigenvalue weighted by Gasteiger charge is -2.16. The van der Waals surface area contributed by atoms with Crippen molar-refractivity contribution in [3.8, 4) is 17.2 Å². The zero-order valence-electron chi connectivity index (χ0n) is 16.2. The molecule has 3 atom stereocenters. The van der Waals surface area contributed by atoms with E-state index in [1.54, 1.807) is 0 Å². The van der Waals surface area contributed by atoms with Gasteiger partial charge in [-0.25, -0.2) is 27.3 Å². The highest BCUT2D eigenvalue weighted by atomic mass is 19.1. The second-order valence-corrected chi connectivity index (χ2v) is 7.45. The van der Waals surface area contributed by atoms with Gasteiger partial charge < -0.3 is 14.8 Å². The molecule has 3 aromatic rings. The van der Waals surface area contributed by atoms with Crippen molar-refractivity contribution >= 4 is 11.8 Å². The first-order chi connectivity index (χ1) is 15.4. The number of anilines is 1. The molecule has 6 nitrogen and oxygen atoms in total. The number of fused-ring (bicyclic) bond motifs is 3. The average molecular weight is 445 g/mol. The van der Waals surface area contributed by atoms with Gasteiger partial charge in [-0.15, -0.1) is 0 Å². The smallest absolute Gasteiger partial charge is 0.320 e. The first-order valence-corrected chi connectivity index (χ1v) is 9.68. The lowest BCUT2D eigenvalue weighted by atomic mass is 10.0. The van der Waals surface area contributed by atoms with Gasteiger partial charge >= 0.3 is 6.03 Å². The number of carbonyl (C=O) groups excluding carboxylic acids is 1. The van der Waals surface area contributed by atoms with Crippen molar-refractivity contribution < 1.29 is 31.8 Å². The number of rotatable bonds is 4. The van der Waals surface area contributed by atoms with Gasteiger partial charge in [0.25, 0.3) is 0 Å². The normalized spacial score (nSPS) is 20.4. The molecule has 5 rings (SSSR count). The van der Waals surface area contributed by atoms with Crippen molar-refractivity contribution in [2.24, 2.45) is 5.92 Å². The van der Waals surface area contributed by atoms with E-state index in [4.69, 9.17) is 9.47 Å². The monoisotopic (exact) mass is 445 g/mol. The molecule has 2 amide bonds. The van der Waals surface area contributed by atoms with Crippen LogP contribution in [0.25, 0.3) is 0 Å². The van der Waals surface area contributed by atoms with Crippen LogP contribution in [0.15, 0.2) is 48.7 Å². The second-order valence-electron chi connectivity index (χ2n) is 7.45. The number of amides is 2. The Morgan fingerprint density at radius 3 is 2.59 bits per heavy atom. The summed E-state index contributed by atoms with van der Waals surface area (Å²) in [5.74, 6) is -3.23. The predicted octanol–water partition coefficient (Wildman–Crippen LogP) is 4.73. The van der Waals surface area contributed by atoms with Gasteiger partial charge in [0.2, 0.25) is 0 Å². The van der Waals surface area contributed by atoms with E-state index < -0.39 is 35.3 Å². The van der Waals surface area contributed by atoms with Crippen molar-refractivity contribution in [1.82, 2.24) is 10.3 Å². The van der Waals surface area contributed by atoms with Gasteiger partial charge in [-0.1, -0.05) is 0 Å². The number of halogens is 4. The molecule has 1 aromatic heterocycles. The maximum absolute atomic E-state index is 14.2. The minimum atomic E-state index is -0.735. The predicted molar refractivity (Wildman–Crippen MR) is 105 cm³/mol. The molecule has 1 fully saturated rings. The third-order valence-corrected chi connectivity index (χ3v) is 5.41. The molecule has 3 unspecified atom stereocenters. The highest BCUT2D eigenvalue weighted by molar-refractivity contribution is 5.89. The van der Waals surface area contributed by atoms with Crippen LogP contribution in [-0.4, -0.2) is 23.7 Å². The Hall–Kier alpha value is -3.82. The van der Waals surface area contributed by atoms with Crippen LogP contribution < -0.4 is 20.1 Å². The van der Waals surface area contributed by atoms with E-state index in [1.165, 1.54) is 18.3 Å². The molecule has 1 aliphatic heterocycles. The third-order valence-electron chi connectivity index (χ3n) is 5.41. The van der Waals surface area contributed by atoms with Crippen LogP contribution in [0.1, 0.15) is 11.5 Å². The van der Waals surface area contributed by atoms with E-state index in [2.05, 4.69) is 15.6 Å². The maximum Gasteiger partial charge on any atom is 0.320 e. The number of pyridine rings is 1. The molecule has 0 spiro atoms. The van der Waals surface area contributed by atoms with Crippen molar-refractivity contribution in [2.75, 3.05) is 11.9 Å². The van der Waals surface area contributed by atoms with Crippen molar-refractivity contribution in [3.63, 3.8) is 0 Å². The molecule has 1 aliphatic carbocycles. The van der Waals surface area contributed by atoms with Crippen molar-refractivity contribution in [1.29, 1.82) is 0 Å². The molecule has 2 heterocycles. The molecule has 10 heteroatoms. The number of hydrogen-bond acceptors (Lipinski definition) is 4. The van der Waals surface area contributed by atoms with Gasteiger partial charge in [0.1, 0.15) is 23.2 Å². The molecule has 0 bridgehead atoms. The van der Waals surface area contributed by atoms with Gasteiger partial charge in [-0.05, 0) is 36.4 Å². The Labute approximate surface area is 179 Å². The van der Waals surface area contributed by atoms with Crippen molar-refractivity contribution in [3.05, 3.63) is 77.5 Å². The molecule has 2 N–H and O–H groups in total. The summed E-state index contributed by atoms with van der Waals surface area (Å²) >= 11 is 0. The summed E-state index contributed by atoms with van der Waals surface area (Å²) in [7, 11) is 0. The van der Waals surface area contributed by atoms with E-state index in [9.17, 15) is 22.4 Å². The molecule has 32 heavy (non-hydrogen) atoms. The van der Waals surface area contributed by atoms with E-state index in [0.29, 0.717) is 0 Å². The van der Waals surface area contributed by atoms with Gasteiger partial charge in [0.15, 0.2) is 23.1 Å². The average Bonchev–Trinajstić information content (AvgIpc) is 3.47. The van der Waals surface area contributed by atoms with Crippen LogP contribution in [-0.2, 0) is 0 Å². The fraction of sp³-hybridized carbons (Fsp3) is 0.182. The number of ether oxygens (including phenoxy) is 2. The van der Waals surface area contributed by atoms with E-state index in [1.807, 2.05) is 0 Å². The van der Waals surface area contributed by atoms with Gasteiger partial charge in [0, 0.05) is 29.5 Å². The first-order valence-electron chi connectivity index (χ1n) is 9.68. The summed E-state index contributed by atoms with van der Waals surface area (Å²) in [6, 6.07) is 6.71. The third kappa shape index (κ3) is 3.68. The molecule has 0 saturated heterocycles. The van der Waals surface area contributed by atoms with Gasteiger partial charge in [0.05, 0.1) is 12.8 Å². The summed E-state index contributed by atoms with van der Waals surface area (Å²) in [6.07, 6.45) is 1.24. The van der Waals surface area contributed by atoms with Crippen LogP contribution in [0.2, 0.25) is 0 Å². The SMILES string of the molecule is O=C(Nc1ccc(Oc2cc(F)ccc2F)cn1)NC1C2COc3c(F)ccc(F)c3C21. The molecular weight excluding hydrogens is 430 g/mol. The van der Waals surface area contributed by atoms with Gasteiger partial charge in [-0.2, -0.15) is 0 Å². The fourth-order valence-electron chi connectivity index (χ4n) is 3.86. The lowest BCUT2D eigenvalue weighted by Crippen LogP contribution is -2.32. The Morgan fingerprint density at radius 2 is 1.81 bits per heavy atom. The molecule has 0 radical (unpaired) electrons. The minimum absolute atomic E-state index is 0.108. The highest BCUT2D eigenvalue weighted by Gasteiger charge is 2.57. The van der Waals surface area contributed by atoms with Crippen LogP contribution in [0, 0.1) is 29.2 Å². The summed E-state index contributed by atoms with van der Waals surface area (Å²) in [4.78, 5) is 16.3. The lowest BCUT2D eigenvalue weighted by molar-refractivity contribution is 0.247. The van der Waals surface area contributed by atoms with Gasteiger partial charge in [-0.3, -0.25) is 5.32 Å². The van der Waals surface area contributed by atoms with Crippen LogP contribution >= 0.6 is 0 Å². The quantitative estimate of drug-likeness (QED) is 0.570. The van der Waals surface area contributed by atoms with E-state index in [0.717, 1.165) is 30.3 Å². The number of hydrogen-bond donors (Lipinski definition) is 2. The van der Waals surface area contributed by atoms with Crippen LogP contribution in [0.4, 0.5) is 28.2 Å². The summed E-state index contributed by atoms with van der Waals surface area (Å²) in [6.45, 7) is 0.171. The second kappa shape index (κ2) is 7.70. The molecule has 2 aromatic carbocycles. The zero-order chi connectivity index (χ0) is 22.4. The van der Waals surface area contributed by atoms with Crippen LogP contribution in [0.5, 0.6) is 17.2 Å². The standard InChI is InChI=1S/C22H15F4N3O3/c23-10-1-3-13(24)16(7-10)32-11-2-6-17(27-8-11)28-22(30)29-20-12-9-31-21-15(26)5-4-14(25)19(21)18(12)20/h1-8,12,18,20H,9H2,(H2,27,28,29,30). The number of aromatic nitrogens is 1. The topological polar surface area (TPSA) is 72.5 Å². The van der Waals surface area contributed by atoms with Crippen LogP contribution in [0.3, 0.4) is 0 Å². The first kappa shape index (κ1) is 20.1. The molecule has 2 aliphatic rings. The summed E-state index contributed by atoms with van der Waals surface area (Å²) < 4.78 is 65.6. The summed E-state index contributed by atoms with van der Waals surface area (Å²) in [5.41, 5.74) is 0.135. The molecule has 164 valence electrons.